The Labute approximate surface area is 78.6 Å². The average Bonchev–Trinajstić information content (AvgIpc) is 2.54. The van der Waals surface area contributed by atoms with Crippen molar-refractivity contribution in [1.82, 2.24) is 4.57 Å². The third-order valence-corrected chi connectivity index (χ3v) is 2.25. The molecule has 0 spiro atoms. The summed E-state index contributed by atoms with van der Waals surface area (Å²) in [6.45, 7) is 3.10. The first-order chi connectivity index (χ1) is 6.36. The zero-order chi connectivity index (χ0) is 9.10. The molecule has 0 aliphatic heterocycles. The van der Waals surface area contributed by atoms with Gasteiger partial charge in [0.15, 0.2) is 0 Å². The molecule has 1 heterocycles. The van der Waals surface area contributed by atoms with Gasteiger partial charge in [-0.05, 0) is 24.6 Å². The molecule has 0 saturated heterocycles. The number of benzene rings is 1. The van der Waals surface area contributed by atoms with Crippen molar-refractivity contribution in [2.45, 2.75) is 13.5 Å². The summed E-state index contributed by atoms with van der Waals surface area (Å²) in [4.78, 5) is 0. The standard InChI is InChI=1S/C12H13N/c1-11-6-5-9-13(11)10-12-7-3-2-4-8-12/h2-9H,10H2,1H3. The van der Waals surface area contributed by atoms with Gasteiger partial charge >= 0.3 is 0 Å². The van der Waals surface area contributed by atoms with Crippen LogP contribution in [0.4, 0.5) is 0 Å². The summed E-state index contributed by atoms with van der Waals surface area (Å²) >= 11 is 0. The SMILES string of the molecule is Cc1cccn1Cc1ccccc1. The summed E-state index contributed by atoms with van der Waals surface area (Å²) in [6.07, 6.45) is 2.11. The fourth-order valence-electron chi connectivity index (χ4n) is 1.46. The summed E-state index contributed by atoms with van der Waals surface area (Å²) in [5, 5.41) is 0. The van der Waals surface area contributed by atoms with Crippen LogP contribution in [-0.2, 0) is 6.54 Å². The highest BCUT2D eigenvalue weighted by atomic mass is 15.0. The van der Waals surface area contributed by atoms with E-state index in [4.69, 9.17) is 0 Å². The largest absolute Gasteiger partial charge is 0.347 e. The van der Waals surface area contributed by atoms with Crippen LogP contribution in [0.3, 0.4) is 0 Å². The molecule has 0 radical (unpaired) electrons. The third-order valence-electron chi connectivity index (χ3n) is 2.25. The molecule has 1 aromatic carbocycles. The summed E-state index contributed by atoms with van der Waals surface area (Å²) in [5.41, 5.74) is 2.66. The summed E-state index contributed by atoms with van der Waals surface area (Å²) < 4.78 is 2.25. The Hall–Kier alpha value is -1.50. The van der Waals surface area contributed by atoms with Gasteiger partial charge in [0, 0.05) is 18.4 Å². The lowest BCUT2D eigenvalue weighted by Gasteiger charge is -2.05. The molecule has 0 atom stereocenters. The molecule has 0 aliphatic rings. The Morgan fingerprint density at radius 2 is 1.77 bits per heavy atom. The number of nitrogens with zero attached hydrogens (tertiary/aromatic N) is 1. The average molecular weight is 171 g/mol. The van der Waals surface area contributed by atoms with Crippen molar-refractivity contribution >= 4 is 0 Å². The number of aryl methyl sites for hydroxylation is 1. The van der Waals surface area contributed by atoms with E-state index in [1.54, 1.807) is 0 Å². The lowest BCUT2D eigenvalue weighted by atomic mass is 10.2. The maximum Gasteiger partial charge on any atom is 0.0472 e. The van der Waals surface area contributed by atoms with Crippen molar-refractivity contribution in [1.29, 1.82) is 0 Å². The molecule has 2 rings (SSSR count). The third kappa shape index (κ3) is 1.81. The monoisotopic (exact) mass is 171 g/mol. The topological polar surface area (TPSA) is 4.93 Å². The van der Waals surface area contributed by atoms with E-state index >= 15 is 0 Å². The number of hydrogen-bond donors (Lipinski definition) is 0. The van der Waals surface area contributed by atoms with Gasteiger partial charge in [-0.3, -0.25) is 0 Å². The number of aromatic nitrogens is 1. The van der Waals surface area contributed by atoms with Gasteiger partial charge < -0.3 is 4.57 Å². The maximum atomic E-state index is 2.25. The normalized spacial score (nSPS) is 10.2. The first-order valence-electron chi connectivity index (χ1n) is 4.52. The van der Waals surface area contributed by atoms with Crippen LogP contribution in [0.5, 0.6) is 0 Å². The summed E-state index contributed by atoms with van der Waals surface area (Å²) in [6, 6.07) is 14.7. The first-order valence-corrected chi connectivity index (χ1v) is 4.52. The van der Waals surface area contributed by atoms with E-state index in [1.165, 1.54) is 11.3 Å². The van der Waals surface area contributed by atoms with Crippen molar-refractivity contribution in [3.63, 3.8) is 0 Å². The van der Waals surface area contributed by atoms with Gasteiger partial charge in [0.2, 0.25) is 0 Å². The lowest BCUT2D eigenvalue weighted by molar-refractivity contribution is 0.776. The zero-order valence-electron chi connectivity index (χ0n) is 7.77. The molecule has 13 heavy (non-hydrogen) atoms. The van der Waals surface area contributed by atoms with Gasteiger partial charge in [0.05, 0.1) is 0 Å². The fourth-order valence-corrected chi connectivity index (χ4v) is 1.46. The maximum absolute atomic E-state index is 2.25. The van der Waals surface area contributed by atoms with Crippen LogP contribution in [0, 0.1) is 6.92 Å². The van der Waals surface area contributed by atoms with Gasteiger partial charge in [-0.1, -0.05) is 30.3 Å². The van der Waals surface area contributed by atoms with E-state index < -0.39 is 0 Å². The van der Waals surface area contributed by atoms with Crippen molar-refractivity contribution in [2.24, 2.45) is 0 Å². The van der Waals surface area contributed by atoms with E-state index in [2.05, 4.69) is 54.1 Å². The quantitative estimate of drug-likeness (QED) is 0.654. The molecule has 0 saturated carbocycles. The van der Waals surface area contributed by atoms with E-state index in [0.717, 1.165) is 6.54 Å². The molecule has 0 unspecified atom stereocenters. The van der Waals surface area contributed by atoms with Crippen molar-refractivity contribution in [2.75, 3.05) is 0 Å². The fraction of sp³-hybridized carbons (Fsp3) is 0.167. The Balaban J connectivity index is 2.20. The van der Waals surface area contributed by atoms with Gasteiger partial charge in [0.1, 0.15) is 0 Å². The van der Waals surface area contributed by atoms with Crippen molar-refractivity contribution in [3.8, 4) is 0 Å². The lowest BCUT2D eigenvalue weighted by Crippen LogP contribution is -1.99. The highest BCUT2D eigenvalue weighted by molar-refractivity contribution is 5.17. The predicted molar refractivity (Wildman–Crippen MR) is 54.7 cm³/mol. The van der Waals surface area contributed by atoms with Crippen molar-refractivity contribution in [3.05, 3.63) is 59.9 Å². The van der Waals surface area contributed by atoms with Crippen LogP contribution in [0.25, 0.3) is 0 Å². The second-order valence-corrected chi connectivity index (χ2v) is 3.26. The highest BCUT2D eigenvalue weighted by Gasteiger charge is 1.95. The van der Waals surface area contributed by atoms with Crippen LogP contribution < -0.4 is 0 Å². The molecule has 0 amide bonds. The van der Waals surface area contributed by atoms with E-state index in [0.29, 0.717) is 0 Å². The highest BCUT2D eigenvalue weighted by Crippen LogP contribution is 2.05. The molecule has 2 aromatic rings. The number of hydrogen-bond acceptors (Lipinski definition) is 0. The first kappa shape index (κ1) is 8.11. The molecular weight excluding hydrogens is 158 g/mol. The van der Waals surface area contributed by atoms with Gasteiger partial charge in [-0.2, -0.15) is 0 Å². The Kier molecular flexibility index (Phi) is 2.17. The van der Waals surface area contributed by atoms with Crippen LogP contribution in [-0.4, -0.2) is 4.57 Å². The van der Waals surface area contributed by atoms with E-state index in [-0.39, 0.29) is 0 Å². The molecule has 0 aliphatic carbocycles. The second kappa shape index (κ2) is 3.48. The Morgan fingerprint density at radius 3 is 2.38 bits per heavy atom. The Morgan fingerprint density at radius 1 is 1.00 bits per heavy atom. The van der Waals surface area contributed by atoms with E-state index in [9.17, 15) is 0 Å². The van der Waals surface area contributed by atoms with E-state index in [1.807, 2.05) is 6.07 Å². The minimum atomic E-state index is 0.972. The minimum Gasteiger partial charge on any atom is -0.347 e. The van der Waals surface area contributed by atoms with Crippen LogP contribution in [0.1, 0.15) is 11.3 Å². The molecule has 1 heteroatoms. The van der Waals surface area contributed by atoms with Gasteiger partial charge in [-0.25, -0.2) is 0 Å². The Bertz CT molecular complexity index is 373. The predicted octanol–water partition coefficient (Wildman–Crippen LogP) is 2.84. The smallest absolute Gasteiger partial charge is 0.0472 e. The minimum absolute atomic E-state index is 0.972. The van der Waals surface area contributed by atoms with Gasteiger partial charge in [0.25, 0.3) is 0 Å². The van der Waals surface area contributed by atoms with Crippen molar-refractivity contribution < 1.29 is 0 Å². The molecule has 0 bridgehead atoms. The molecule has 66 valence electrons. The number of rotatable bonds is 2. The van der Waals surface area contributed by atoms with Crippen LogP contribution in [0.15, 0.2) is 48.7 Å². The summed E-state index contributed by atoms with van der Waals surface area (Å²) in [5.74, 6) is 0. The molecule has 0 N–H and O–H groups in total. The summed E-state index contributed by atoms with van der Waals surface area (Å²) in [7, 11) is 0. The van der Waals surface area contributed by atoms with Crippen LogP contribution >= 0.6 is 0 Å². The molecule has 1 nitrogen and oxygen atoms in total. The van der Waals surface area contributed by atoms with Crippen LogP contribution in [0.2, 0.25) is 0 Å². The van der Waals surface area contributed by atoms with Gasteiger partial charge in [-0.15, -0.1) is 0 Å². The molecular formula is C12H13N. The molecule has 0 fully saturated rings. The zero-order valence-corrected chi connectivity index (χ0v) is 7.77. The second-order valence-electron chi connectivity index (χ2n) is 3.26. The molecule has 1 aromatic heterocycles.